The van der Waals surface area contributed by atoms with Gasteiger partial charge in [-0.05, 0) is 12.1 Å². The molecule has 0 N–H and O–H groups in total. The lowest BCUT2D eigenvalue weighted by Crippen LogP contribution is -1.91. The van der Waals surface area contributed by atoms with E-state index in [4.69, 9.17) is 0 Å². The highest BCUT2D eigenvalue weighted by molar-refractivity contribution is 5.85. The lowest BCUT2D eigenvalue weighted by molar-refractivity contribution is 0.112. The van der Waals surface area contributed by atoms with E-state index in [1.807, 2.05) is 0 Å². The minimum atomic E-state index is -0.734. The van der Waals surface area contributed by atoms with Crippen molar-refractivity contribution in [1.82, 2.24) is 9.78 Å². The van der Waals surface area contributed by atoms with Crippen molar-refractivity contribution in [3.05, 3.63) is 41.6 Å². The molecule has 0 saturated carbocycles. The summed E-state index contributed by atoms with van der Waals surface area (Å²) in [5.74, 6) is -1.40. The molecule has 1 heterocycles. The third kappa shape index (κ3) is 1.71. The third-order valence-electron chi connectivity index (χ3n) is 2.17. The monoisotopic (exact) mass is 222 g/mol. The fourth-order valence-electron chi connectivity index (χ4n) is 1.48. The van der Waals surface area contributed by atoms with Gasteiger partial charge in [0.25, 0.3) is 0 Å². The van der Waals surface area contributed by atoms with Crippen LogP contribution in [0.3, 0.4) is 0 Å². The number of aryl methyl sites for hydroxylation is 1. The van der Waals surface area contributed by atoms with Gasteiger partial charge in [0.1, 0.15) is 17.3 Å². The molecule has 0 bridgehead atoms. The van der Waals surface area contributed by atoms with Gasteiger partial charge in [-0.15, -0.1) is 0 Å². The molecule has 5 heteroatoms. The predicted octanol–water partition coefficient (Wildman–Crippen LogP) is 2.18. The van der Waals surface area contributed by atoms with Crippen LogP contribution in [0, 0.1) is 11.6 Å². The second-order valence-electron chi connectivity index (χ2n) is 3.35. The maximum Gasteiger partial charge on any atom is 0.153 e. The number of aldehydes is 1. The quantitative estimate of drug-likeness (QED) is 0.730. The van der Waals surface area contributed by atoms with Crippen molar-refractivity contribution >= 4 is 6.29 Å². The Balaban J connectivity index is 2.62. The summed E-state index contributed by atoms with van der Waals surface area (Å²) >= 11 is 0. The summed E-state index contributed by atoms with van der Waals surface area (Å²) in [5, 5.41) is 3.97. The first-order valence-electron chi connectivity index (χ1n) is 4.56. The van der Waals surface area contributed by atoms with E-state index in [-0.39, 0.29) is 16.8 Å². The maximum atomic E-state index is 13.5. The molecule has 0 atom stereocenters. The van der Waals surface area contributed by atoms with Crippen LogP contribution in [0.2, 0.25) is 0 Å². The first-order valence-corrected chi connectivity index (χ1v) is 4.56. The van der Waals surface area contributed by atoms with Gasteiger partial charge in [0.05, 0.1) is 5.56 Å². The van der Waals surface area contributed by atoms with Crippen LogP contribution in [0.25, 0.3) is 11.3 Å². The van der Waals surface area contributed by atoms with Gasteiger partial charge in [0.15, 0.2) is 6.29 Å². The zero-order valence-corrected chi connectivity index (χ0v) is 8.45. The van der Waals surface area contributed by atoms with Crippen LogP contribution >= 0.6 is 0 Å². The standard InChI is InChI=1S/C11H8F2N2O/c1-15-5-7(6-16)11(14-15)9-3-2-8(12)4-10(9)13/h2-6H,1H3. The molecule has 2 aromatic rings. The average molecular weight is 222 g/mol. The van der Waals surface area contributed by atoms with Crippen LogP contribution in [0.4, 0.5) is 8.78 Å². The van der Waals surface area contributed by atoms with Crippen molar-refractivity contribution < 1.29 is 13.6 Å². The largest absolute Gasteiger partial charge is 0.298 e. The first kappa shape index (κ1) is 10.5. The average Bonchev–Trinajstić information content (AvgIpc) is 2.59. The lowest BCUT2D eigenvalue weighted by Gasteiger charge is -2.00. The van der Waals surface area contributed by atoms with E-state index in [9.17, 15) is 13.6 Å². The molecule has 3 nitrogen and oxygen atoms in total. The van der Waals surface area contributed by atoms with Crippen LogP contribution in [0.1, 0.15) is 10.4 Å². The van der Waals surface area contributed by atoms with Gasteiger partial charge in [-0.3, -0.25) is 9.48 Å². The van der Waals surface area contributed by atoms with E-state index in [0.29, 0.717) is 6.29 Å². The van der Waals surface area contributed by atoms with Gasteiger partial charge in [0.2, 0.25) is 0 Å². The molecule has 0 aliphatic heterocycles. The third-order valence-corrected chi connectivity index (χ3v) is 2.17. The van der Waals surface area contributed by atoms with Gasteiger partial charge in [-0.1, -0.05) is 0 Å². The van der Waals surface area contributed by atoms with Crippen molar-refractivity contribution in [2.24, 2.45) is 7.05 Å². The van der Waals surface area contributed by atoms with Gasteiger partial charge in [0, 0.05) is 24.9 Å². The zero-order valence-electron chi connectivity index (χ0n) is 8.45. The molecule has 1 aromatic heterocycles. The fraction of sp³-hybridized carbons (Fsp3) is 0.0909. The second-order valence-corrected chi connectivity index (χ2v) is 3.35. The topological polar surface area (TPSA) is 34.9 Å². The Morgan fingerprint density at radius 3 is 2.75 bits per heavy atom. The molecular formula is C11H8F2N2O. The molecule has 0 spiro atoms. The number of nitrogens with zero attached hydrogens (tertiary/aromatic N) is 2. The molecule has 0 amide bonds. The normalized spacial score (nSPS) is 10.4. The first-order chi connectivity index (χ1) is 7.61. The SMILES string of the molecule is Cn1cc(C=O)c(-c2ccc(F)cc2F)n1. The van der Waals surface area contributed by atoms with Crippen molar-refractivity contribution in [3.8, 4) is 11.3 Å². The highest BCUT2D eigenvalue weighted by Crippen LogP contribution is 2.24. The number of hydrogen-bond donors (Lipinski definition) is 0. The van der Waals surface area contributed by atoms with Crippen molar-refractivity contribution in [3.63, 3.8) is 0 Å². The van der Waals surface area contributed by atoms with Crippen LogP contribution in [0.15, 0.2) is 24.4 Å². The van der Waals surface area contributed by atoms with E-state index in [2.05, 4.69) is 5.10 Å². The van der Waals surface area contributed by atoms with Crippen LogP contribution < -0.4 is 0 Å². The zero-order chi connectivity index (χ0) is 11.7. The summed E-state index contributed by atoms with van der Waals surface area (Å²) < 4.78 is 27.6. The van der Waals surface area contributed by atoms with Crippen LogP contribution in [-0.4, -0.2) is 16.1 Å². The number of rotatable bonds is 2. The number of hydrogen-bond acceptors (Lipinski definition) is 2. The van der Waals surface area contributed by atoms with E-state index >= 15 is 0 Å². The highest BCUT2D eigenvalue weighted by Gasteiger charge is 2.13. The van der Waals surface area contributed by atoms with E-state index in [1.165, 1.54) is 16.9 Å². The van der Waals surface area contributed by atoms with Crippen LogP contribution in [0.5, 0.6) is 0 Å². The Labute approximate surface area is 90.3 Å². The second kappa shape index (κ2) is 3.84. The molecule has 0 fully saturated rings. The number of carbonyl (C=O) groups excluding carboxylic acids is 1. The number of aromatic nitrogens is 2. The Kier molecular flexibility index (Phi) is 2.52. The Morgan fingerprint density at radius 1 is 1.38 bits per heavy atom. The van der Waals surface area contributed by atoms with Crippen LogP contribution in [-0.2, 0) is 7.05 Å². The molecule has 0 aliphatic rings. The summed E-state index contributed by atoms with van der Waals surface area (Å²) in [7, 11) is 1.62. The van der Waals surface area contributed by atoms with Crippen molar-refractivity contribution in [2.45, 2.75) is 0 Å². The molecule has 1 aromatic carbocycles. The summed E-state index contributed by atoms with van der Waals surface area (Å²) in [6.07, 6.45) is 2.07. The van der Waals surface area contributed by atoms with Gasteiger partial charge in [-0.25, -0.2) is 8.78 Å². The summed E-state index contributed by atoms with van der Waals surface area (Å²) in [6, 6.07) is 3.15. The van der Waals surface area contributed by atoms with Gasteiger partial charge < -0.3 is 0 Å². The van der Waals surface area contributed by atoms with E-state index < -0.39 is 11.6 Å². The summed E-state index contributed by atoms with van der Waals surface area (Å²) in [4.78, 5) is 10.7. The number of carbonyl (C=O) groups is 1. The smallest absolute Gasteiger partial charge is 0.153 e. The molecule has 0 radical (unpaired) electrons. The molecule has 0 aliphatic carbocycles. The molecular weight excluding hydrogens is 214 g/mol. The van der Waals surface area contributed by atoms with Crippen molar-refractivity contribution in [1.29, 1.82) is 0 Å². The minimum absolute atomic E-state index is 0.115. The predicted molar refractivity (Wildman–Crippen MR) is 53.9 cm³/mol. The number of benzene rings is 1. The summed E-state index contributed by atoms with van der Waals surface area (Å²) in [5.41, 5.74) is 0.604. The minimum Gasteiger partial charge on any atom is -0.298 e. The number of halogens is 2. The Bertz CT molecular complexity index is 549. The fourth-order valence-corrected chi connectivity index (χ4v) is 1.48. The van der Waals surface area contributed by atoms with E-state index in [1.54, 1.807) is 7.05 Å². The Hall–Kier alpha value is -2.04. The highest BCUT2D eigenvalue weighted by atomic mass is 19.1. The van der Waals surface area contributed by atoms with Gasteiger partial charge in [-0.2, -0.15) is 5.10 Å². The van der Waals surface area contributed by atoms with E-state index in [0.717, 1.165) is 12.1 Å². The molecule has 0 unspecified atom stereocenters. The molecule has 0 saturated heterocycles. The van der Waals surface area contributed by atoms with Gasteiger partial charge >= 0.3 is 0 Å². The lowest BCUT2D eigenvalue weighted by atomic mass is 10.1. The van der Waals surface area contributed by atoms with Crippen molar-refractivity contribution in [2.75, 3.05) is 0 Å². The summed E-state index contributed by atoms with van der Waals surface area (Å²) in [6.45, 7) is 0. The molecule has 82 valence electrons. The Morgan fingerprint density at radius 2 is 2.12 bits per heavy atom. The molecule has 2 rings (SSSR count). The maximum absolute atomic E-state index is 13.5. The molecule has 16 heavy (non-hydrogen) atoms.